The second-order valence-corrected chi connectivity index (χ2v) is 5.22. The van der Waals surface area contributed by atoms with Crippen molar-refractivity contribution in [1.82, 2.24) is 10.2 Å². The number of nitrogens with one attached hydrogen (secondary N) is 1. The van der Waals surface area contributed by atoms with Crippen LogP contribution in [0.1, 0.15) is 58.8 Å². The van der Waals surface area contributed by atoms with Crippen LogP contribution in [0.4, 0.5) is 0 Å². The van der Waals surface area contributed by atoms with Gasteiger partial charge in [0, 0.05) is 12.5 Å². The lowest BCUT2D eigenvalue weighted by molar-refractivity contribution is -0.121. The fourth-order valence-electron chi connectivity index (χ4n) is 1.83. The molecule has 0 saturated heterocycles. The van der Waals surface area contributed by atoms with E-state index in [1.54, 1.807) is 0 Å². The van der Waals surface area contributed by atoms with E-state index < -0.39 is 0 Å². The lowest BCUT2D eigenvalue weighted by atomic mass is 10.1. The van der Waals surface area contributed by atoms with E-state index in [4.69, 9.17) is 0 Å². The minimum absolute atomic E-state index is 0.216. The molecule has 0 aliphatic heterocycles. The number of nitrogens with zero attached hydrogens (tertiary/aromatic N) is 1. The fourth-order valence-corrected chi connectivity index (χ4v) is 1.83. The van der Waals surface area contributed by atoms with Crippen LogP contribution in [0.15, 0.2) is 0 Å². The Bertz CT molecular complexity index is 193. The predicted octanol–water partition coefficient (Wildman–Crippen LogP) is 2.80. The first-order chi connectivity index (χ1) is 8.06. The lowest BCUT2D eigenvalue weighted by Crippen LogP contribution is -2.32. The van der Waals surface area contributed by atoms with Gasteiger partial charge in [-0.3, -0.25) is 4.79 Å². The van der Waals surface area contributed by atoms with E-state index in [9.17, 15) is 4.79 Å². The van der Waals surface area contributed by atoms with Gasteiger partial charge in [0.2, 0.25) is 5.91 Å². The van der Waals surface area contributed by atoms with Gasteiger partial charge in [-0.2, -0.15) is 0 Å². The van der Waals surface area contributed by atoms with Crippen LogP contribution in [-0.4, -0.2) is 37.5 Å². The first-order valence-electron chi connectivity index (χ1n) is 7.00. The zero-order valence-corrected chi connectivity index (χ0v) is 12.1. The molecule has 0 fully saturated rings. The van der Waals surface area contributed by atoms with Crippen molar-refractivity contribution in [3.8, 4) is 0 Å². The van der Waals surface area contributed by atoms with Gasteiger partial charge >= 0.3 is 0 Å². The molecule has 1 amide bonds. The number of carbonyl (C=O) groups is 1. The van der Waals surface area contributed by atoms with Crippen molar-refractivity contribution in [3.63, 3.8) is 0 Å². The molecule has 17 heavy (non-hydrogen) atoms. The second-order valence-electron chi connectivity index (χ2n) is 5.22. The van der Waals surface area contributed by atoms with Gasteiger partial charge in [0.05, 0.1) is 0 Å². The standard InChI is InChI=1S/C14H30N2O/c1-5-6-7-10-13(2)15-14(17)11-8-9-12-16(3)4/h13H,5-12H2,1-4H3,(H,15,17)/t13-/m0/s1. The minimum atomic E-state index is 0.216. The highest BCUT2D eigenvalue weighted by molar-refractivity contribution is 5.76. The third kappa shape index (κ3) is 11.7. The number of amides is 1. The Labute approximate surface area is 107 Å². The molecule has 0 bridgehead atoms. The monoisotopic (exact) mass is 242 g/mol. The smallest absolute Gasteiger partial charge is 0.220 e. The number of hydrogen-bond donors (Lipinski definition) is 1. The van der Waals surface area contributed by atoms with Crippen LogP contribution in [0.2, 0.25) is 0 Å². The van der Waals surface area contributed by atoms with E-state index in [0.29, 0.717) is 12.5 Å². The largest absolute Gasteiger partial charge is 0.354 e. The average molecular weight is 242 g/mol. The summed E-state index contributed by atoms with van der Waals surface area (Å²) in [4.78, 5) is 13.8. The summed E-state index contributed by atoms with van der Waals surface area (Å²) >= 11 is 0. The van der Waals surface area contributed by atoms with Crippen molar-refractivity contribution < 1.29 is 4.79 Å². The highest BCUT2D eigenvalue weighted by Crippen LogP contribution is 2.04. The van der Waals surface area contributed by atoms with Crippen molar-refractivity contribution in [1.29, 1.82) is 0 Å². The van der Waals surface area contributed by atoms with Crippen molar-refractivity contribution in [2.24, 2.45) is 0 Å². The van der Waals surface area contributed by atoms with Gasteiger partial charge in [0.1, 0.15) is 0 Å². The minimum Gasteiger partial charge on any atom is -0.354 e. The van der Waals surface area contributed by atoms with Crippen LogP contribution in [0.5, 0.6) is 0 Å². The first-order valence-corrected chi connectivity index (χ1v) is 7.00. The molecular formula is C14H30N2O. The molecule has 102 valence electrons. The molecule has 3 nitrogen and oxygen atoms in total. The Morgan fingerprint density at radius 3 is 2.47 bits per heavy atom. The van der Waals surface area contributed by atoms with Crippen molar-refractivity contribution in [3.05, 3.63) is 0 Å². The zero-order chi connectivity index (χ0) is 13.1. The quantitative estimate of drug-likeness (QED) is 0.597. The third-order valence-corrected chi connectivity index (χ3v) is 2.91. The predicted molar refractivity (Wildman–Crippen MR) is 74.2 cm³/mol. The van der Waals surface area contributed by atoms with Gasteiger partial charge in [-0.1, -0.05) is 26.2 Å². The SMILES string of the molecule is CCCCC[C@H](C)NC(=O)CCCCN(C)C. The van der Waals surface area contributed by atoms with Gasteiger partial charge in [0.25, 0.3) is 0 Å². The average Bonchev–Trinajstić information content (AvgIpc) is 2.24. The van der Waals surface area contributed by atoms with Gasteiger partial charge in [-0.25, -0.2) is 0 Å². The molecule has 0 rings (SSSR count). The van der Waals surface area contributed by atoms with Crippen molar-refractivity contribution in [2.45, 2.75) is 64.8 Å². The molecule has 3 heteroatoms. The van der Waals surface area contributed by atoms with E-state index in [-0.39, 0.29) is 5.91 Å². The number of rotatable bonds is 10. The van der Waals surface area contributed by atoms with E-state index in [1.165, 1.54) is 19.3 Å². The summed E-state index contributed by atoms with van der Waals surface area (Å²) in [6, 6.07) is 0.336. The highest BCUT2D eigenvalue weighted by atomic mass is 16.1. The van der Waals surface area contributed by atoms with E-state index >= 15 is 0 Å². The van der Waals surface area contributed by atoms with Gasteiger partial charge in [-0.15, -0.1) is 0 Å². The molecule has 0 spiro atoms. The Hall–Kier alpha value is -0.570. The van der Waals surface area contributed by atoms with Gasteiger partial charge < -0.3 is 10.2 Å². The molecule has 0 aliphatic carbocycles. The lowest BCUT2D eigenvalue weighted by Gasteiger charge is -2.14. The van der Waals surface area contributed by atoms with Crippen LogP contribution in [0, 0.1) is 0 Å². The van der Waals surface area contributed by atoms with Gasteiger partial charge in [0.15, 0.2) is 0 Å². The fraction of sp³-hybridized carbons (Fsp3) is 0.929. The summed E-state index contributed by atoms with van der Waals surface area (Å²) in [7, 11) is 4.13. The molecule has 0 radical (unpaired) electrons. The Balaban J connectivity index is 3.44. The first kappa shape index (κ1) is 16.4. The highest BCUT2D eigenvalue weighted by Gasteiger charge is 2.06. The molecule has 0 saturated carbocycles. The van der Waals surface area contributed by atoms with E-state index in [2.05, 4.69) is 38.2 Å². The molecule has 0 aromatic carbocycles. The van der Waals surface area contributed by atoms with Crippen LogP contribution >= 0.6 is 0 Å². The molecular weight excluding hydrogens is 212 g/mol. The maximum atomic E-state index is 11.6. The summed E-state index contributed by atoms with van der Waals surface area (Å²) < 4.78 is 0. The number of hydrogen-bond acceptors (Lipinski definition) is 2. The molecule has 1 N–H and O–H groups in total. The maximum absolute atomic E-state index is 11.6. The van der Waals surface area contributed by atoms with E-state index in [1.807, 2.05) is 0 Å². The topological polar surface area (TPSA) is 32.3 Å². The summed E-state index contributed by atoms with van der Waals surface area (Å²) in [5, 5.41) is 3.07. The molecule has 0 aromatic heterocycles. The molecule has 0 unspecified atom stereocenters. The van der Waals surface area contributed by atoms with E-state index in [0.717, 1.165) is 25.8 Å². The van der Waals surface area contributed by atoms with Gasteiger partial charge in [-0.05, 0) is 46.8 Å². The van der Waals surface area contributed by atoms with Crippen LogP contribution in [-0.2, 0) is 4.79 Å². The summed E-state index contributed by atoms with van der Waals surface area (Å²) in [5.41, 5.74) is 0. The second kappa shape index (κ2) is 10.6. The molecule has 0 heterocycles. The molecule has 0 aliphatic rings. The summed E-state index contributed by atoms with van der Waals surface area (Å²) in [6.07, 6.45) is 7.60. The number of unbranched alkanes of at least 4 members (excludes halogenated alkanes) is 3. The van der Waals surface area contributed by atoms with Crippen LogP contribution in [0.25, 0.3) is 0 Å². The normalized spacial score (nSPS) is 12.8. The Morgan fingerprint density at radius 2 is 1.88 bits per heavy atom. The third-order valence-electron chi connectivity index (χ3n) is 2.91. The maximum Gasteiger partial charge on any atom is 0.220 e. The summed E-state index contributed by atoms with van der Waals surface area (Å²) in [6.45, 7) is 5.38. The van der Waals surface area contributed by atoms with Crippen LogP contribution < -0.4 is 5.32 Å². The summed E-state index contributed by atoms with van der Waals surface area (Å²) in [5.74, 6) is 0.216. The van der Waals surface area contributed by atoms with Crippen molar-refractivity contribution in [2.75, 3.05) is 20.6 Å². The van der Waals surface area contributed by atoms with Crippen LogP contribution in [0.3, 0.4) is 0 Å². The molecule has 0 aromatic rings. The Kier molecular flexibility index (Phi) is 10.2. The Morgan fingerprint density at radius 1 is 1.18 bits per heavy atom. The number of carbonyl (C=O) groups excluding carboxylic acids is 1. The van der Waals surface area contributed by atoms with Crippen molar-refractivity contribution >= 4 is 5.91 Å². The zero-order valence-electron chi connectivity index (χ0n) is 12.1. The molecule has 1 atom stereocenters.